The van der Waals surface area contributed by atoms with Crippen LogP contribution in [0.2, 0.25) is 0 Å². The molecule has 1 heterocycles. The molecule has 0 bridgehead atoms. The fraction of sp³-hybridized carbons (Fsp3) is 0.909. The molecule has 1 aliphatic rings. The summed E-state index contributed by atoms with van der Waals surface area (Å²) in [6.07, 6.45) is 2.30. The maximum absolute atomic E-state index is 11.9. The molecule has 0 aromatic carbocycles. The largest absolute Gasteiger partial charge is 0.342 e. The van der Waals surface area contributed by atoms with Crippen molar-refractivity contribution in [3.8, 4) is 0 Å². The highest BCUT2D eigenvalue weighted by Gasteiger charge is 2.26. The molecule has 0 radical (unpaired) electrons. The molecule has 4 nitrogen and oxygen atoms in total. The standard InChI is InChI=1S/C11H23N3O/c1-11(2,9-12)13(3)8-10(15)14-6-4-5-7-14/h4-9,12H2,1-3H3. The predicted octanol–water partition coefficient (Wildman–Crippen LogP) is 0.278. The molecular formula is C11H23N3O. The van der Waals surface area contributed by atoms with E-state index >= 15 is 0 Å². The Morgan fingerprint density at radius 3 is 2.40 bits per heavy atom. The van der Waals surface area contributed by atoms with E-state index in [1.807, 2.05) is 16.8 Å². The summed E-state index contributed by atoms with van der Waals surface area (Å²) in [7, 11) is 1.96. The van der Waals surface area contributed by atoms with Crippen LogP contribution in [-0.2, 0) is 4.79 Å². The van der Waals surface area contributed by atoms with Crippen LogP contribution in [0.1, 0.15) is 26.7 Å². The minimum Gasteiger partial charge on any atom is -0.342 e. The fourth-order valence-electron chi connectivity index (χ4n) is 1.64. The Balaban J connectivity index is 2.43. The molecule has 1 aliphatic heterocycles. The Labute approximate surface area is 92.4 Å². The second kappa shape index (κ2) is 4.94. The lowest BCUT2D eigenvalue weighted by Gasteiger charge is -2.34. The number of rotatable bonds is 4. The molecule has 0 atom stereocenters. The summed E-state index contributed by atoms with van der Waals surface area (Å²) >= 11 is 0. The van der Waals surface area contributed by atoms with Crippen molar-refractivity contribution in [3.63, 3.8) is 0 Å². The van der Waals surface area contributed by atoms with E-state index in [2.05, 4.69) is 13.8 Å². The van der Waals surface area contributed by atoms with Crippen molar-refractivity contribution in [1.82, 2.24) is 9.80 Å². The smallest absolute Gasteiger partial charge is 0.236 e. The lowest BCUT2D eigenvalue weighted by atomic mass is 10.0. The van der Waals surface area contributed by atoms with E-state index in [9.17, 15) is 4.79 Å². The van der Waals surface area contributed by atoms with Gasteiger partial charge in [-0.2, -0.15) is 0 Å². The monoisotopic (exact) mass is 213 g/mol. The van der Waals surface area contributed by atoms with Crippen molar-refractivity contribution in [1.29, 1.82) is 0 Å². The zero-order valence-electron chi connectivity index (χ0n) is 10.1. The van der Waals surface area contributed by atoms with Gasteiger partial charge in [0.25, 0.3) is 0 Å². The Morgan fingerprint density at radius 2 is 1.93 bits per heavy atom. The zero-order valence-corrected chi connectivity index (χ0v) is 10.1. The van der Waals surface area contributed by atoms with Crippen LogP contribution in [-0.4, -0.2) is 54.5 Å². The Hall–Kier alpha value is -0.610. The lowest BCUT2D eigenvalue weighted by Crippen LogP contribution is -2.51. The van der Waals surface area contributed by atoms with Gasteiger partial charge in [-0.25, -0.2) is 0 Å². The first kappa shape index (κ1) is 12.5. The third kappa shape index (κ3) is 3.18. The van der Waals surface area contributed by atoms with Crippen molar-refractivity contribution in [3.05, 3.63) is 0 Å². The molecule has 0 aromatic rings. The van der Waals surface area contributed by atoms with E-state index in [-0.39, 0.29) is 11.4 Å². The summed E-state index contributed by atoms with van der Waals surface area (Å²) in [5, 5.41) is 0. The number of amides is 1. The van der Waals surface area contributed by atoms with Gasteiger partial charge in [-0.05, 0) is 33.7 Å². The Kier molecular flexibility index (Phi) is 4.11. The second-order valence-electron chi connectivity index (χ2n) is 4.96. The summed E-state index contributed by atoms with van der Waals surface area (Å²) in [5.41, 5.74) is 5.57. The molecule has 0 unspecified atom stereocenters. The van der Waals surface area contributed by atoms with Gasteiger partial charge in [0.05, 0.1) is 6.54 Å². The molecule has 0 saturated carbocycles. The van der Waals surface area contributed by atoms with Crippen LogP contribution in [0, 0.1) is 0 Å². The molecule has 4 heteroatoms. The SMILES string of the molecule is CN(CC(=O)N1CCCC1)C(C)(C)CN. The molecule has 0 aliphatic carbocycles. The molecule has 15 heavy (non-hydrogen) atoms. The first-order valence-corrected chi connectivity index (χ1v) is 5.66. The van der Waals surface area contributed by atoms with Crippen molar-refractivity contribution in [2.24, 2.45) is 5.73 Å². The normalized spacial score (nSPS) is 17.5. The van der Waals surface area contributed by atoms with Crippen LogP contribution in [0.5, 0.6) is 0 Å². The first-order chi connectivity index (χ1) is 6.97. The highest BCUT2D eigenvalue weighted by atomic mass is 16.2. The Bertz CT molecular complexity index is 222. The fourth-order valence-corrected chi connectivity index (χ4v) is 1.64. The van der Waals surface area contributed by atoms with E-state index in [0.29, 0.717) is 13.1 Å². The number of hydrogen-bond donors (Lipinski definition) is 1. The zero-order chi connectivity index (χ0) is 11.5. The number of nitrogens with two attached hydrogens (primary N) is 1. The molecule has 1 rings (SSSR count). The summed E-state index contributed by atoms with van der Waals surface area (Å²) in [5.74, 6) is 0.233. The summed E-state index contributed by atoms with van der Waals surface area (Å²) in [4.78, 5) is 15.8. The first-order valence-electron chi connectivity index (χ1n) is 5.66. The summed E-state index contributed by atoms with van der Waals surface area (Å²) < 4.78 is 0. The van der Waals surface area contributed by atoms with Crippen LogP contribution >= 0.6 is 0 Å². The van der Waals surface area contributed by atoms with Crippen molar-refractivity contribution in [2.75, 3.05) is 33.2 Å². The van der Waals surface area contributed by atoms with E-state index in [0.717, 1.165) is 25.9 Å². The van der Waals surface area contributed by atoms with Gasteiger partial charge in [-0.1, -0.05) is 0 Å². The van der Waals surface area contributed by atoms with Gasteiger partial charge in [-0.3, -0.25) is 9.69 Å². The average molecular weight is 213 g/mol. The number of nitrogens with zero attached hydrogens (tertiary/aromatic N) is 2. The number of likely N-dealkylation sites (N-methyl/N-ethyl adjacent to an activating group) is 1. The highest BCUT2D eigenvalue weighted by molar-refractivity contribution is 5.78. The van der Waals surface area contributed by atoms with Gasteiger partial charge in [0.2, 0.25) is 5.91 Å². The Morgan fingerprint density at radius 1 is 1.40 bits per heavy atom. The predicted molar refractivity (Wildman–Crippen MR) is 61.6 cm³/mol. The topological polar surface area (TPSA) is 49.6 Å². The summed E-state index contributed by atoms with van der Waals surface area (Å²) in [6, 6.07) is 0. The molecule has 1 saturated heterocycles. The van der Waals surface area contributed by atoms with Gasteiger partial charge in [0.1, 0.15) is 0 Å². The van der Waals surface area contributed by atoms with Crippen LogP contribution in [0.15, 0.2) is 0 Å². The minimum absolute atomic E-state index is 0.102. The van der Waals surface area contributed by atoms with Gasteiger partial charge in [-0.15, -0.1) is 0 Å². The van der Waals surface area contributed by atoms with Crippen LogP contribution < -0.4 is 5.73 Å². The minimum atomic E-state index is -0.102. The molecule has 1 fully saturated rings. The van der Waals surface area contributed by atoms with Crippen molar-refractivity contribution >= 4 is 5.91 Å². The van der Waals surface area contributed by atoms with E-state index < -0.39 is 0 Å². The maximum atomic E-state index is 11.9. The quantitative estimate of drug-likeness (QED) is 0.729. The lowest BCUT2D eigenvalue weighted by molar-refractivity contribution is -0.132. The molecule has 1 amide bonds. The third-order valence-corrected chi connectivity index (χ3v) is 3.36. The number of carbonyl (C=O) groups excluding carboxylic acids is 1. The van der Waals surface area contributed by atoms with Crippen LogP contribution in [0.25, 0.3) is 0 Å². The van der Waals surface area contributed by atoms with E-state index in [1.165, 1.54) is 0 Å². The highest BCUT2D eigenvalue weighted by Crippen LogP contribution is 2.12. The molecular weight excluding hydrogens is 190 g/mol. The number of likely N-dealkylation sites (tertiary alicyclic amines) is 1. The molecule has 2 N–H and O–H groups in total. The number of hydrogen-bond acceptors (Lipinski definition) is 3. The third-order valence-electron chi connectivity index (χ3n) is 3.36. The van der Waals surface area contributed by atoms with Crippen molar-refractivity contribution in [2.45, 2.75) is 32.2 Å². The van der Waals surface area contributed by atoms with E-state index in [4.69, 9.17) is 5.73 Å². The van der Waals surface area contributed by atoms with Gasteiger partial charge < -0.3 is 10.6 Å². The molecule has 88 valence electrons. The van der Waals surface area contributed by atoms with Gasteiger partial charge in [0, 0.05) is 25.2 Å². The van der Waals surface area contributed by atoms with Crippen LogP contribution in [0.3, 0.4) is 0 Å². The van der Waals surface area contributed by atoms with Crippen molar-refractivity contribution < 1.29 is 4.79 Å². The number of carbonyl (C=O) groups is 1. The summed E-state index contributed by atoms with van der Waals surface area (Å²) in [6.45, 7) is 7.01. The molecule has 0 spiro atoms. The van der Waals surface area contributed by atoms with Gasteiger partial charge >= 0.3 is 0 Å². The van der Waals surface area contributed by atoms with E-state index in [1.54, 1.807) is 0 Å². The van der Waals surface area contributed by atoms with Gasteiger partial charge in [0.15, 0.2) is 0 Å². The molecule has 0 aromatic heterocycles. The average Bonchev–Trinajstić information content (AvgIpc) is 2.70. The van der Waals surface area contributed by atoms with Crippen LogP contribution in [0.4, 0.5) is 0 Å². The maximum Gasteiger partial charge on any atom is 0.236 e. The second-order valence-corrected chi connectivity index (χ2v) is 4.96.